The fourth-order valence-electron chi connectivity index (χ4n) is 2.51. The smallest absolute Gasteiger partial charge is 0.128 e. The highest BCUT2D eigenvalue weighted by Crippen LogP contribution is 2.25. The van der Waals surface area contributed by atoms with E-state index < -0.39 is 8.24 Å². The van der Waals surface area contributed by atoms with Crippen molar-refractivity contribution >= 4 is 8.24 Å². The topological polar surface area (TPSA) is 15.3 Å². The molecule has 1 heterocycles. The van der Waals surface area contributed by atoms with Crippen molar-refractivity contribution in [2.24, 2.45) is 0 Å². The third-order valence-corrected chi connectivity index (χ3v) is 9.40. The summed E-state index contributed by atoms with van der Waals surface area (Å²) in [5.74, 6) is 0. The Morgan fingerprint density at radius 1 is 1.15 bits per heavy atom. The Kier molecular flexibility index (Phi) is 4.42. The van der Waals surface area contributed by atoms with E-state index in [-0.39, 0.29) is 0 Å². The van der Waals surface area contributed by atoms with Gasteiger partial charge in [0, 0.05) is 6.67 Å². The van der Waals surface area contributed by atoms with E-state index in [2.05, 4.69) is 30.7 Å². The molecule has 0 aromatic heterocycles. The molecule has 13 heavy (non-hydrogen) atoms. The van der Waals surface area contributed by atoms with Crippen LogP contribution < -0.4 is 5.32 Å². The fraction of sp³-hybridized carbons (Fsp3) is 1.00. The van der Waals surface area contributed by atoms with Gasteiger partial charge in [0.05, 0.1) is 0 Å². The van der Waals surface area contributed by atoms with Crippen molar-refractivity contribution in [1.82, 2.24) is 9.88 Å². The normalized spacial score (nSPS) is 20.5. The van der Waals surface area contributed by atoms with Crippen LogP contribution in [0.1, 0.15) is 27.2 Å². The Labute approximate surface area is 83.8 Å². The highest BCUT2D eigenvalue weighted by molar-refractivity contribution is 6.77. The van der Waals surface area contributed by atoms with E-state index in [0.717, 1.165) is 6.67 Å². The van der Waals surface area contributed by atoms with E-state index in [4.69, 9.17) is 0 Å². The summed E-state index contributed by atoms with van der Waals surface area (Å²) in [6.45, 7) is 10.9. The average molecular weight is 200 g/mol. The molecule has 1 rings (SSSR count). The van der Waals surface area contributed by atoms with Crippen LogP contribution in [-0.2, 0) is 0 Å². The molecule has 0 unspecified atom stereocenters. The predicted molar refractivity (Wildman–Crippen MR) is 61.4 cm³/mol. The molecule has 1 aliphatic rings. The third kappa shape index (κ3) is 2.33. The molecule has 78 valence electrons. The molecule has 0 amide bonds. The minimum absolute atomic E-state index is 1.05. The number of nitrogens with one attached hydrogen (secondary N) is 1. The van der Waals surface area contributed by atoms with Crippen LogP contribution in [0.25, 0.3) is 0 Å². The molecular weight excluding hydrogens is 176 g/mol. The molecule has 0 saturated carbocycles. The zero-order chi connectivity index (χ0) is 9.73. The molecule has 1 aliphatic heterocycles. The largest absolute Gasteiger partial charge is 0.311 e. The summed E-state index contributed by atoms with van der Waals surface area (Å²) in [6.07, 6.45) is 1.34. The van der Waals surface area contributed by atoms with E-state index in [9.17, 15) is 0 Å². The molecule has 0 aliphatic carbocycles. The maximum atomic E-state index is 3.50. The van der Waals surface area contributed by atoms with Gasteiger partial charge in [0.15, 0.2) is 0 Å². The van der Waals surface area contributed by atoms with Gasteiger partial charge >= 0.3 is 0 Å². The van der Waals surface area contributed by atoms with Crippen LogP contribution >= 0.6 is 0 Å². The molecule has 0 spiro atoms. The van der Waals surface area contributed by atoms with Gasteiger partial charge in [-0.1, -0.05) is 20.8 Å². The molecule has 1 saturated heterocycles. The number of nitrogens with zero attached hydrogens (tertiary/aromatic N) is 1. The van der Waals surface area contributed by atoms with Crippen LogP contribution in [0.4, 0.5) is 0 Å². The number of hydrogen-bond donors (Lipinski definition) is 1. The lowest BCUT2D eigenvalue weighted by atomic mass is 10.4. The van der Waals surface area contributed by atoms with Gasteiger partial charge in [-0.15, -0.1) is 0 Å². The summed E-state index contributed by atoms with van der Waals surface area (Å²) < 4.78 is 2.77. The maximum Gasteiger partial charge on any atom is 0.128 e. The van der Waals surface area contributed by atoms with Crippen molar-refractivity contribution in [3.05, 3.63) is 0 Å². The molecule has 0 bridgehead atoms. The van der Waals surface area contributed by atoms with Gasteiger partial charge in [-0.3, -0.25) is 0 Å². The molecule has 0 aromatic carbocycles. The van der Waals surface area contributed by atoms with E-state index in [0.29, 0.717) is 0 Å². The summed E-state index contributed by atoms with van der Waals surface area (Å²) >= 11 is 0. The Balaban J connectivity index is 2.60. The Morgan fingerprint density at radius 2 is 1.77 bits per heavy atom. The lowest BCUT2D eigenvalue weighted by Gasteiger charge is -2.43. The summed E-state index contributed by atoms with van der Waals surface area (Å²) in [6, 6.07) is 4.26. The van der Waals surface area contributed by atoms with Gasteiger partial charge in [-0.25, -0.2) is 0 Å². The molecule has 1 N–H and O–H groups in total. The SMILES string of the molecule is CC[Si](CC)(CC)N1CCCNC1. The van der Waals surface area contributed by atoms with Gasteiger partial charge in [-0.05, 0) is 37.6 Å². The zero-order valence-corrected chi connectivity index (χ0v) is 10.4. The van der Waals surface area contributed by atoms with Crippen LogP contribution in [0.3, 0.4) is 0 Å². The number of hydrogen-bond acceptors (Lipinski definition) is 2. The second kappa shape index (κ2) is 5.13. The van der Waals surface area contributed by atoms with Gasteiger partial charge in [0.25, 0.3) is 0 Å². The van der Waals surface area contributed by atoms with E-state index in [1.54, 1.807) is 0 Å². The lowest BCUT2D eigenvalue weighted by Crippen LogP contribution is -2.58. The average Bonchev–Trinajstić information content (AvgIpc) is 2.23. The highest BCUT2D eigenvalue weighted by Gasteiger charge is 2.34. The second-order valence-electron chi connectivity index (χ2n) is 4.06. The Bertz CT molecular complexity index is 132. The van der Waals surface area contributed by atoms with Gasteiger partial charge in [-0.2, -0.15) is 0 Å². The summed E-state index contributed by atoms with van der Waals surface area (Å²) in [5.41, 5.74) is 0. The Hall–Kier alpha value is 0.137. The first-order chi connectivity index (χ1) is 6.29. The van der Waals surface area contributed by atoms with Crippen molar-refractivity contribution in [2.45, 2.75) is 45.3 Å². The molecular formula is C10H24N2Si. The molecule has 1 fully saturated rings. The van der Waals surface area contributed by atoms with E-state index in [1.165, 1.54) is 37.6 Å². The molecule has 0 radical (unpaired) electrons. The zero-order valence-electron chi connectivity index (χ0n) is 9.40. The molecule has 2 nitrogen and oxygen atoms in total. The van der Waals surface area contributed by atoms with Crippen LogP contribution in [0, 0.1) is 0 Å². The predicted octanol–water partition coefficient (Wildman–Crippen LogP) is 2.24. The highest BCUT2D eigenvalue weighted by atomic mass is 28.3. The van der Waals surface area contributed by atoms with Crippen molar-refractivity contribution in [1.29, 1.82) is 0 Å². The van der Waals surface area contributed by atoms with Gasteiger partial charge in [0.1, 0.15) is 8.24 Å². The standard InChI is InChI=1S/C10H24N2Si/c1-4-13(5-2,6-3)12-9-7-8-11-10-12/h11H,4-10H2,1-3H3. The number of rotatable bonds is 4. The first-order valence-electron chi connectivity index (χ1n) is 5.75. The molecule has 3 heteroatoms. The Morgan fingerprint density at radius 3 is 2.15 bits per heavy atom. The summed E-state index contributed by atoms with van der Waals surface area (Å²) in [5, 5.41) is 3.50. The first kappa shape index (κ1) is 11.2. The van der Waals surface area contributed by atoms with Crippen molar-refractivity contribution < 1.29 is 0 Å². The molecule has 0 aromatic rings. The van der Waals surface area contributed by atoms with Crippen LogP contribution in [-0.4, -0.2) is 32.6 Å². The molecule has 0 atom stereocenters. The summed E-state index contributed by atoms with van der Waals surface area (Å²) in [7, 11) is -1.05. The van der Waals surface area contributed by atoms with Gasteiger partial charge < -0.3 is 9.88 Å². The van der Waals surface area contributed by atoms with Crippen LogP contribution in [0.2, 0.25) is 18.1 Å². The minimum Gasteiger partial charge on any atom is -0.311 e. The minimum atomic E-state index is -1.05. The first-order valence-corrected chi connectivity index (χ1v) is 8.31. The van der Waals surface area contributed by atoms with Crippen LogP contribution in [0.5, 0.6) is 0 Å². The van der Waals surface area contributed by atoms with E-state index in [1.807, 2.05) is 0 Å². The second-order valence-corrected chi connectivity index (χ2v) is 9.26. The fourth-order valence-corrected chi connectivity index (χ4v) is 6.43. The van der Waals surface area contributed by atoms with Crippen LogP contribution in [0.15, 0.2) is 0 Å². The monoisotopic (exact) mass is 200 g/mol. The quantitative estimate of drug-likeness (QED) is 0.700. The third-order valence-electron chi connectivity index (χ3n) is 3.73. The van der Waals surface area contributed by atoms with Crippen molar-refractivity contribution in [2.75, 3.05) is 19.8 Å². The van der Waals surface area contributed by atoms with Gasteiger partial charge in [0.2, 0.25) is 0 Å². The summed E-state index contributed by atoms with van der Waals surface area (Å²) in [4.78, 5) is 0. The maximum absolute atomic E-state index is 3.50. The van der Waals surface area contributed by atoms with Crippen molar-refractivity contribution in [3.8, 4) is 0 Å². The van der Waals surface area contributed by atoms with E-state index >= 15 is 0 Å². The van der Waals surface area contributed by atoms with Crippen molar-refractivity contribution in [3.63, 3.8) is 0 Å². The lowest BCUT2D eigenvalue weighted by molar-refractivity contribution is 0.321.